The molecule has 0 radical (unpaired) electrons. The molecule has 0 atom stereocenters. The summed E-state index contributed by atoms with van der Waals surface area (Å²) in [6, 6.07) is 7.96. The molecule has 94 valence electrons. The highest BCUT2D eigenvalue weighted by molar-refractivity contribution is 5.69. The van der Waals surface area contributed by atoms with Crippen molar-refractivity contribution in [2.75, 3.05) is 19.0 Å². The van der Waals surface area contributed by atoms with Crippen molar-refractivity contribution in [1.29, 1.82) is 0 Å². The molecule has 5 nitrogen and oxygen atoms in total. The van der Waals surface area contributed by atoms with Crippen LogP contribution >= 0.6 is 0 Å². The highest BCUT2D eigenvalue weighted by atomic mass is 16.4. The molecule has 1 aromatic heterocycles. The quantitative estimate of drug-likeness (QED) is 0.888. The third kappa shape index (κ3) is 2.68. The zero-order chi connectivity index (χ0) is 13.1. The summed E-state index contributed by atoms with van der Waals surface area (Å²) in [5.41, 5.74) is 2.63. The maximum atomic E-state index is 10.6. The summed E-state index contributed by atoms with van der Waals surface area (Å²) in [4.78, 5) is 16.7. The molecule has 1 heterocycles. The van der Waals surface area contributed by atoms with E-state index in [1.165, 1.54) is 0 Å². The van der Waals surface area contributed by atoms with Gasteiger partial charge in [0.15, 0.2) is 0 Å². The number of carboxylic acid groups (broad SMARTS) is 1. The number of aliphatic carboxylic acids is 1. The highest BCUT2D eigenvalue weighted by Gasteiger charge is 2.05. The van der Waals surface area contributed by atoms with Crippen LogP contribution < -0.4 is 4.90 Å². The first-order valence-electron chi connectivity index (χ1n) is 5.58. The van der Waals surface area contributed by atoms with Gasteiger partial charge in [0.2, 0.25) is 0 Å². The first-order chi connectivity index (χ1) is 8.56. The number of aromatic nitrogens is 2. The Hall–Kier alpha value is -2.30. The van der Waals surface area contributed by atoms with E-state index in [1.54, 1.807) is 12.5 Å². The Bertz CT molecular complexity index is 544. The smallest absolute Gasteiger partial charge is 0.309 e. The highest BCUT2D eigenvalue weighted by Crippen LogP contribution is 2.15. The van der Waals surface area contributed by atoms with Gasteiger partial charge in [-0.25, -0.2) is 4.98 Å². The Morgan fingerprint density at radius 1 is 1.33 bits per heavy atom. The summed E-state index contributed by atoms with van der Waals surface area (Å²) < 4.78 is 1.82. The average molecular weight is 245 g/mol. The van der Waals surface area contributed by atoms with Gasteiger partial charge in [-0.3, -0.25) is 4.79 Å². The molecule has 2 rings (SSSR count). The molecule has 1 N–H and O–H groups in total. The molecule has 0 aliphatic heterocycles. The number of carboxylic acids is 1. The van der Waals surface area contributed by atoms with E-state index in [4.69, 9.17) is 5.11 Å². The summed E-state index contributed by atoms with van der Waals surface area (Å²) >= 11 is 0. The van der Waals surface area contributed by atoms with Crippen LogP contribution in [0.5, 0.6) is 0 Å². The summed E-state index contributed by atoms with van der Waals surface area (Å²) in [5.74, 6) is -0.872. The van der Waals surface area contributed by atoms with Gasteiger partial charge in [0, 0.05) is 31.7 Å². The van der Waals surface area contributed by atoms with Gasteiger partial charge >= 0.3 is 5.97 Å². The lowest BCUT2D eigenvalue weighted by molar-refractivity contribution is -0.136. The number of nitrogens with zero attached hydrogens (tertiary/aromatic N) is 3. The van der Waals surface area contributed by atoms with E-state index in [2.05, 4.69) is 4.98 Å². The fourth-order valence-electron chi connectivity index (χ4n) is 1.67. The van der Waals surface area contributed by atoms with Gasteiger partial charge in [-0.1, -0.05) is 0 Å². The van der Waals surface area contributed by atoms with E-state index >= 15 is 0 Å². The lowest BCUT2D eigenvalue weighted by Gasteiger charge is -2.12. The monoisotopic (exact) mass is 245 g/mol. The van der Waals surface area contributed by atoms with E-state index in [0.717, 1.165) is 11.4 Å². The molecule has 0 spiro atoms. The van der Waals surface area contributed by atoms with Crippen molar-refractivity contribution in [3.05, 3.63) is 42.5 Å². The van der Waals surface area contributed by atoms with Gasteiger partial charge in [0.1, 0.15) is 0 Å². The predicted molar refractivity (Wildman–Crippen MR) is 69.2 cm³/mol. The minimum Gasteiger partial charge on any atom is -0.481 e. The molecule has 5 heteroatoms. The number of imidazole rings is 1. The minimum absolute atomic E-state index is 0.0528. The van der Waals surface area contributed by atoms with Crippen LogP contribution in [0, 0.1) is 0 Å². The summed E-state index contributed by atoms with van der Waals surface area (Å²) in [6.07, 6.45) is 3.31. The van der Waals surface area contributed by atoms with Gasteiger partial charge in [-0.15, -0.1) is 0 Å². The van der Waals surface area contributed by atoms with E-state index in [-0.39, 0.29) is 6.42 Å². The van der Waals surface area contributed by atoms with Crippen molar-refractivity contribution in [1.82, 2.24) is 9.55 Å². The molecular formula is C13H15N3O2. The summed E-state index contributed by atoms with van der Waals surface area (Å²) in [7, 11) is 3.97. The predicted octanol–water partition coefficient (Wildman–Crippen LogP) is 1.57. The third-order valence-electron chi connectivity index (χ3n) is 2.63. The van der Waals surface area contributed by atoms with Crippen molar-refractivity contribution in [2.45, 2.75) is 6.42 Å². The molecule has 0 unspecified atom stereocenters. The van der Waals surface area contributed by atoms with Crippen molar-refractivity contribution in [3.8, 4) is 5.69 Å². The number of rotatable bonds is 4. The van der Waals surface area contributed by atoms with Gasteiger partial charge < -0.3 is 14.6 Å². The number of benzene rings is 1. The van der Waals surface area contributed by atoms with Crippen LogP contribution in [0.3, 0.4) is 0 Å². The molecule has 0 aliphatic carbocycles. The zero-order valence-corrected chi connectivity index (χ0v) is 10.4. The number of hydrogen-bond donors (Lipinski definition) is 1. The maximum Gasteiger partial charge on any atom is 0.309 e. The largest absolute Gasteiger partial charge is 0.481 e. The van der Waals surface area contributed by atoms with E-state index in [0.29, 0.717) is 5.69 Å². The Morgan fingerprint density at radius 3 is 2.56 bits per heavy atom. The SMILES string of the molecule is CN(C)c1ccc(-n2cnc(CC(=O)O)c2)cc1. The lowest BCUT2D eigenvalue weighted by Crippen LogP contribution is -2.08. The second kappa shape index (κ2) is 4.91. The summed E-state index contributed by atoms with van der Waals surface area (Å²) in [6.45, 7) is 0. The van der Waals surface area contributed by atoms with Crippen LogP contribution in [0.15, 0.2) is 36.8 Å². The van der Waals surface area contributed by atoms with Crippen LogP contribution in [0.1, 0.15) is 5.69 Å². The van der Waals surface area contributed by atoms with E-state index in [9.17, 15) is 4.79 Å². The average Bonchev–Trinajstić information content (AvgIpc) is 2.76. The first kappa shape index (κ1) is 12.2. The fraction of sp³-hybridized carbons (Fsp3) is 0.231. The first-order valence-corrected chi connectivity index (χ1v) is 5.58. The number of hydrogen-bond acceptors (Lipinski definition) is 3. The van der Waals surface area contributed by atoms with Crippen LogP contribution in [0.2, 0.25) is 0 Å². The van der Waals surface area contributed by atoms with E-state index < -0.39 is 5.97 Å². The van der Waals surface area contributed by atoms with Gasteiger partial charge in [0.05, 0.1) is 18.4 Å². The molecule has 18 heavy (non-hydrogen) atoms. The van der Waals surface area contributed by atoms with Crippen molar-refractivity contribution in [2.24, 2.45) is 0 Å². The van der Waals surface area contributed by atoms with Crippen LogP contribution in [-0.2, 0) is 11.2 Å². The summed E-state index contributed by atoms with van der Waals surface area (Å²) in [5, 5.41) is 8.69. The molecule has 0 aliphatic rings. The molecule has 0 bridgehead atoms. The Labute approximate surface area is 105 Å². The lowest BCUT2D eigenvalue weighted by atomic mass is 10.2. The third-order valence-corrected chi connectivity index (χ3v) is 2.63. The molecule has 0 saturated carbocycles. The van der Waals surface area contributed by atoms with Crippen molar-refractivity contribution in [3.63, 3.8) is 0 Å². The van der Waals surface area contributed by atoms with Crippen molar-refractivity contribution >= 4 is 11.7 Å². The number of carbonyl (C=O) groups is 1. The van der Waals surface area contributed by atoms with Gasteiger partial charge in [0.25, 0.3) is 0 Å². The fourth-order valence-corrected chi connectivity index (χ4v) is 1.67. The van der Waals surface area contributed by atoms with Crippen LogP contribution in [0.25, 0.3) is 5.69 Å². The Balaban J connectivity index is 2.20. The topological polar surface area (TPSA) is 58.4 Å². The van der Waals surface area contributed by atoms with Crippen LogP contribution in [0.4, 0.5) is 5.69 Å². The second-order valence-corrected chi connectivity index (χ2v) is 4.25. The van der Waals surface area contributed by atoms with Gasteiger partial charge in [-0.2, -0.15) is 0 Å². The zero-order valence-electron chi connectivity index (χ0n) is 10.4. The Morgan fingerprint density at radius 2 is 2.00 bits per heavy atom. The van der Waals surface area contributed by atoms with Crippen LogP contribution in [-0.4, -0.2) is 34.7 Å². The Kier molecular flexibility index (Phi) is 3.32. The standard InChI is InChI=1S/C13H15N3O2/c1-15(2)11-3-5-12(6-4-11)16-8-10(14-9-16)7-13(17)18/h3-6,8-9H,7H2,1-2H3,(H,17,18). The molecular weight excluding hydrogens is 230 g/mol. The normalized spacial score (nSPS) is 10.3. The number of anilines is 1. The minimum atomic E-state index is -0.872. The van der Waals surface area contributed by atoms with E-state index in [1.807, 2.05) is 47.8 Å². The van der Waals surface area contributed by atoms with Gasteiger partial charge in [-0.05, 0) is 24.3 Å². The molecule has 0 saturated heterocycles. The maximum absolute atomic E-state index is 10.6. The molecule has 0 amide bonds. The second-order valence-electron chi connectivity index (χ2n) is 4.25. The molecule has 2 aromatic rings. The van der Waals surface area contributed by atoms with Crippen molar-refractivity contribution < 1.29 is 9.90 Å². The molecule has 0 fully saturated rings. The molecule has 1 aromatic carbocycles.